The van der Waals surface area contributed by atoms with Crippen LogP contribution in [0.15, 0.2) is 24.3 Å². The quantitative estimate of drug-likeness (QED) is 0.785. The van der Waals surface area contributed by atoms with E-state index in [0.717, 1.165) is 18.4 Å². The third-order valence-corrected chi connectivity index (χ3v) is 2.16. The van der Waals surface area contributed by atoms with Crippen LogP contribution in [0.1, 0.15) is 25.8 Å². The van der Waals surface area contributed by atoms with Crippen molar-refractivity contribution < 1.29 is 4.39 Å². The first-order chi connectivity index (χ1) is 6.58. The molecule has 2 heteroatoms. The molecule has 0 radical (unpaired) electrons. The number of benzene rings is 1. The first kappa shape index (κ1) is 11.2. The summed E-state index contributed by atoms with van der Waals surface area (Å²) in [7, 11) is 0. The second kappa shape index (κ2) is 5.11. The van der Waals surface area contributed by atoms with Gasteiger partial charge in [0.15, 0.2) is 0 Å². The lowest BCUT2D eigenvalue weighted by atomic mass is 9.98. The van der Waals surface area contributed by atoms with E-state index in [2.05, 4.69) is 13.8 Å². The second-order valence-corrected chi connectivity index (χ2v) is 4.22. The lowest BCUT2D eigenvalue weighted by Crippen LogP contribution is -2.24. The van der Waals surface area contributed by atoms with E-state index in [9.17, 15) is 4.39 Å². The summed E-state index contributed by atoms with van der Waals surface area (Å²) in [5.41, 5.74) is 6.92. The molecule has 1 nitrogen and oxygen atoms in total. The van der Waals surface area contributed by atoms with Crippen LogP contribution < -0.4 is 5.73 Å². The Labute approximate surface area is 85.1 Å². The molecule has 1 atom stereocenters. The van der Waals surface area contributed by atoms with Crippen LogP contribution in [0.5, 0.6) is 0 Å². The molecule has 0 aliphatic heterocycles. The van der Waals surface area contributed by atoms with Crippen molar-refractivity contribution in [1.29, 1.82) is 0 Å². The number of rotatable bonds is 4. The minimum Gasteiger partial charge on any atom is -0.327 e. The molecule has 0 bridgehead atoms. The topological polar surface area (TPSA) is 26.0 Å². The Hall–Kier alpha value is -0.890. The van der Waals surface area contributed by atoms with Gasteiger partial charge < -0.3 is 5.73 Å². The molecule has 0 saturated carbocycles. The van der Waals surface area contributed by atoms with Crippen molar-refractivity contribution in [3.05, 3.63) is 35.6 Å². The van der Waals surface area contributed by atoms with Crippen LogP contribution >= 0.6 is 0 Å². The maximum atomic E-state index is 12.8. The highest BCUT2D eigenvalue weighted by atomic mass is 19.1. The van der Waals surface area contributed by atoms with Gasteiger partial charge in [0.1, 0.15) is 5.82 Å². The second-order valence-electron chi connectivity index (χ2n) is 4.22. The van der Waals surface area contributed by atoms with Gasteiger partial charge in [0.05, 0.1) is 0 Å². The van der Waals surface area contributed by atoms with Gasteiger partial charge in [-0.15, -0.1) is 0 Å². The Bertz CT molecular complexity index is 283. The zero-order chi connectivity index (χ0) is 10.6. The van der Waals surface area contributed by atoms with Crippen LogP contribution in [-0.2, 0) is 6.42 Å². The van der Waals surface area contributed by atoms with Gasteiger partial charge >= 0.3 is 0 Å². The minimum atomic E-state index is -0.181. The van der Waals surface area contributed by atoms with Crippen molar-refractivity contribution in [2.45, 2.75) is 32.7 Å². The summed E-state index contributed by atoms with van der Waals surface area (Å²) < 4.78 is 12.8. The van der Waals surface area contributed by atoms with Crippen LogP contribution in [0.2, 0.25) is 0 Å². The molecule has 2 N–H and O–H groups in total. The largest absolute Gasteiger partial charge is 0.327 e. The van der Waals surface area contributed by atoms with Crippen LogP contribution in [-0.4, -0.2) is 6.04 Å². The summed E-state index contributed by atoms with van der Waals surface area (Å²) in [6.07, 6.45) is 1.74. The molecule has 0 fully saturated rings. The van der Waals surface area contributed by atoms with Gasteiger partial charge in [-0.1, -0.05) is 26.0 Å². The molecule has 1 unspecified atom stereocenters. The third-order valence-electron chi connectivity index (χ3n) is 2.16. The summed E-state index contributed by atoms with van der Waals surface area (Å²) in [6, 6.07) is 6.80. The monoisotopic (exact) mass is 195 g/mol. The van der Waals surface area contributed by atoms with E-state index in [1.807, 2.05) is 6.07 Å². The highest BCUT2D eigenvalue weighted by molar-refractivity contribution is 5.17. The zero-order valence-corrected chi connectivity index (χ0v) is 8.83. The van der Waals surface area contributed by atoms with E-state index in [4.69, 9.17) is 5.73 Å². The molecule has 0 aliphatic rings. The Kier molecular flexibility index (Phi) is 4.08. The van der Waals surface area contributed by atoms with E-state index in [0.29, 0.717) is 5.92 Å². The summed E-state index contributed by atoms with van der Waals surface area (Å²) in [6.45, 7) is 4.29. The van der Waals surface area contributed by atoms with Crippen LogP contribution in [0.25, 0.3) is 0 Å². The van der Waals surface area contributed by atoms with Crippen molar-refractivity contribution in [2.75, 3.05) is 0 Å². The molecule has 0 aromatic heterocycles. The fourth-order valence-electron chi connectivity index (χ4n) is 1.66. The summed E-state index contributed by atoms with van der Waals surface area (Å²) in [5, 5.41) is 0. The van der Waals surface area contributed by atoms with Crippen molar-refractivity contribution in [3.8, 4) is 0 Å². The minimum absolute atomic E-state index is 0.136. The van der Waals surface area contributed by atoms with E-state index < -0.39 is 0 Å². The highest BCUT2D eigenvalue weighted by Gasteiger charge is 2.06. The Morgan fingerprint density at radius 3 is 2.64 bits per heavy atom. The fourth-order valence-corrected chi connectivity index (χ4v) is 1.66. The third kappa shape index (κ3) is 3.88. The molecule has 0 aliphatic carbocycles. The maximum absolute atomic E-state index is 12.8. The predicted octanol–water partition coefficient (Wildman–Crippen LogP) is 2.74. The van der Waals surface area contributed by atoms with Gasteiger partial charge in [-0.05, 0) is 36.5 Å². The SMILES string of the molecule is CC(C)CC(N)Cc1cccc(F)c1. The standard InChI is InChI=1S/C12H18FN/c1-9(2)6-12(14)8-10-4-3-5-11(13)7-10/h3-5,7,9,12H,6,8,14H2,1-2H3. The van der Waals surface area contributed by atoms with E-state index in [-0.39, 0.29) is 11.9 Å². The Balaban J connectivity index is 2.51. The van der Waals surface area contributed by atoms with Crippen LogP contribution in [0.4, 0.5) is 4.39 Å². The smallest absolute Gasteiger partial charge is 0.123 e. The van der Waals surface area contributed by atoms with E-state index in [1.165, 1.54) is 6.07 Å². The molecule has 1 rings (SSSR count). The van der Waals surface area contributed by atoms with Crippen molar-refractivity contribution in [2.24, 2.45) is 11.7 Å². The van der Waals surface area contributed by atoms with Crippen LogP contribution in [0, 0.1) is 11.7 Å². The fraction of sp³-hybridized carbons (Fsp3) is 0.500. The maximum Gasteiger partial charge on any atom is 0.123 e. The van der Waals surface area contributed by atoms with Crippen LogP contribution in [0.3, 0.4) is 0 Å². The lowest BCUT2D eigenvalue weighted by molar-refractivity contribution is 0.492. The summed E-state index contributed by atoms with van der Waals surface area (Å²) >= 11 is 0. The molecule has 0 amide bonds. The van der Waals surface area contributed by atoms with Crippen molar-refractivity contribution in [3.63, 3.8) is 0 Å². The number of hydrogen-bond donors (Lipinski definition) is 1. The van der Waals surface area contributed by atoms with Crippen molar-refractivity contribution >= 4 is 0 Å². The first-order valence-electron chi connectivity index (χ1n) is 5.08. The van der Waals surface area contributed by atoms with E-state index in [1.54, 1.807) is 12.1 Å². The normalized spacial score (nSPS) is 13.2. The van der Waals surface area contributed by atoms with Crippen molar-refractivity contribution in [1.82, 2.24) is 0 Å². The molecule has 1 aromatic rings. The molecule has 0 saturated heterocycles. The van der Waals surface area contributed by atoms with Gasteiger partial charge in [-0.3, -0.25) is 0 Å². The van der Waals surface area contributed by atoms with Gasteiger partial charge in [-0.2, -0.15) is 0 Å². The average molecular weight is 195 g/mol. The van der Waals surface area contributed by atoms with Gasteiger partial charge in [0.2, 0.25) is 0 Å². The lowest BCUT2D eigenvalue weighted by Gasteiger charge is -2.13. The molecule has 78 valence electrons. The predicted molar refractivity (Wildman–Crippen MR) is 57.5 cm³/mol. The van der Waals surface area contributed by atoms with Gasteiger partial charge in [-0.25, -0.2) is 4.39 Å². The van der Waals surface area contributed by atoms with Gasteiger partial charge in [0.25, 0.3) is 0 Å². The number of nitrogens with two attached hydrogens (primary N) is 1. The Morgan fingerprint density at radius 2 is 2.07 bits per heavy atom. The van der Waals surface area contributed by atoms with E-state index >= 15 is 0 Å². The molecule has 14 heavy (non-hydrogen) atoms. The average Bonchev–Trinajstić information content (AvgIpc) is 2.01. The molecule has 0 spiro atoms. The van der Waals surface area contributed by atoms with Gasteiger partial charge in [0, 0.05) is 6.04 Å². The molecule has 0 heterocycles. The summed E-state index contributed by atoms with van der Waals surface area (Å²) in [4.78, 5) is 0. The molecular formula is C12H18FN. The number of hydrogen-bond acceptors (Lipinski definition) is 1. The zero-order valence-electron chi connectivity index (χ0n) is 8.83. The Morgan fingerprint density at radius 1 is 1.36 bits per heavy atom. The highest BCUT2D eigenvalue weighted by Crippen LogP contribution is 2.10. The number of halogens is 1. The first-order valence-corrected chi connectivity index (χ1v) is 5.08. The summed E-state index contributed by atoms with van der Waals surface area (Å²) in [5.74, 6) is 0.415. The molecular weight excluding hydrogens is 177 g/mol. The molecule has 1 aromatic carbocycles.